The van der Waals surface area contributed by atoms with Crippen LogP contribution in [0.15, 0.2) is 54.1 Å². The molecule has 4 N–H and O–H groups in total. The summed E-state index contributed by atoms with van der Waals surface area (Å²) in [6, 6.07) is 16.0. The minimum absolute atomic E-state index is 0. The van der Waals surface area contributed by atoms with Crippen molar-refractivity contribution < 1.29 is 47.0 Å². The van der Waals surface area contributed by atoms with Crippen LogP contribution in [0.25, 0.3) is 5.41 Å². The van der Waals surface area contributed by atoms with Crippen LogP contribution in [0, 0.1) is 28.9 Å². The number of rotatable bonds is 6. The number of amidine groups is 1. The van der Waals surface area contributed by atoms with Crippen molar-refractivity contribution in [2.24, 2.45) is 0 Å². The fourth-order valence-electron chi connectivity index (χ4n) is 3.15. The Morgan fingerprint density at radius 3 is 2.38 bits per heavy atom. The molecule has 2 aromatic rings. The van der Waals surface area contributed by atoms with E-state index < -0.39 is 42.8 Å². The third-order valence-electron chi connectivity index (χ3n) is 5.38. The van der Waals surface area contributed by atoms with E-state index in [2.05, 4.69) is 17.5 Å². The van der Waals surface area contributed by atoms with E-state index in [1.54, 1.807) is 12.1 Å². The predicted molar refractivity (Wildman–Crippen MR) is 140 cm³/mol. The molecule has 0 bridgehead atoms. The van der Waals surface area contributed by atoms with Crippen LogP contribution in [0.4, 0.5) is 18.0 Å². The Balaban J connectivity index is 0.000000867. The summed E-state index contributed by atoms with van der Waals surface area (Å²) < 4.78 is 38.5. The molecule has 0 saturated heterocycles. The molecule has 3 rings (SSSR count). The molecule has 1 unspecified atom stereocenters. The van der Waals surface area contributed by atoms with Gasteiger partial charge in [0.2, 0.25) is 0 Å². The van der Waals surface area contributed by atoms with E-state index in [-0.39, 0.29) is 55.0 Å². The summed E-state index contributed by atoms with van der Waals surface area (Å²) >= 11 is 11.3. The number of benzene rings is 2. The smallest absolute Gasteiger partial charge is 0.906 e. The second-order valence-corrected chi connectivity index (χ2v) is 9.20. The molecule has 2 aromatic carbocycles. The molecule has 1 aliphatic rings. The average molecular weight is 588 g/mol. The van der Waals surface area contributed by atoms with Crippen molar-refractivity contribution in [2.45, 2.75) is 37.1 Å². The zero-order valence-electron chi connectivity index (χ0n) is 21.3. The first-order valence-electron chi connectivity index (χ1n) is 11.3. The Bertz CT molecular complexity index is 1240. The molecule has 0 radical (unpaired) electrons. The van der Waals surface area contributed by atoms with Gasteiger partial charge in [-0.3, -0.25) is 16.4 Å². The van der Waals surface area contributed by atoms with E-state index >= 15 is 0 Å². The summed E-state index contributed by atoms with van der Waals surface area (Å²) in [5.41, 5.74) is -1.62. The Morgan fingerprint density at radius 2 is 1.93 bits per heavy atom. The van der Waals surface area contributed by atoms with Crippen LogP contribution in [-0.4, -0.2) is 63.7 Å². The third-order valence-corrected chi connectivity index (χ3v) is 5.87. The van der Waals surface area contributed by atoms with Crippen molar-refractivity contribution in [2.75, 3.05) is 13.1 Å². The molecule has 2 amide bonds. The van der Waals surface area contributed by atoms with E-state index in [1.807, 2.05) is 18.2 Å². The van der Waals surface area contributed by atoms with Crippen molar-refractivity contribution >= 4 is 40.8 Å². The summed E-state index contributed by atoms with van der Waals surface area (Å²) in [6.45, 7) is -1.75. The maximum absolute atomic E-state index is 12.8. The molecule has 0 spiro atoms. The molecule has 14 heteroatoms. The number of hydrogen-bond acceptors (Lipinski definition) is 5. The Kier molecular flexibility index (Phi) is 13.9. The minimum atomic E-state index is -5.02. The number of amides is 2. The van der Waals surface area contributed by atoms with Crippen LogP contribution in [0.1, 0.15) is 24.8 Å². The van der Waals surface area contributed by atoms with Gasteiger partial charge >= 0.3 is 31.1 Å². The number of carbonyl (C=O) groups is 1. The molecule has 0 saturated carbocycles. The molecular formula is C26H23Cl2F3LiN5O3-2. The van der Waals surface area contributed by atoms with Gasteiger partial charge in [0.15, 0.2) is 6.10 Å². The van der Waals surface area contributed by atoms with Crippen LogP contribution >= 0.6 is 23.2 Å². The van der Waals surface area contributed by atoms with E-state index in [0.717, 1.165) is 5.02 Å². The topological polar surface area (TPSA) is 143 Å². The first-order chi connectivity index (χ1) is 18.3. The number of hydrogen-bond donors (Lipinski definition) is 4. The van der Waals surface area contributed by atoms with E-state index in [4.69, 9.17) is 33.9 Å². The zero-order valence-corrected chi connectivity index (χ0v) is 22.8. The Labute approximate surface area is 251 Å². The van der Waals surface area contributed by atoms with Gasteiger partial charge in [0, 0.05) is 10.6 Å². The summed E-state index contributed by atoms with van der Waals surface area (Å²) in [6.07, 6.45) is -5.27. The maximum Gasteiger partial charge on any atom is 1.00 e. The summed E-state index contributed by atoms with van der Waals surface area (Å²) in [5.74, 6) is -0.621. The molecule has 0 aromatic heterocycles. The Hall–Kier alpha value is -2.83. The fourth-order valence-corrected chi connectivity index (χ4v) is 3.41. The number of alkyl halides is 3. The molecule has 8 nitrogen and oxygen atoms in total. The second-order valence-electron chi connectivity index (χ2n) is 8.33. The number of nitrogens with zero attached hydrogens (tertiary/aromatic N) is 3. The van der Waals surface area contributed by atoms with Crippen LogP contribution in [0.3, 0.4) is 0 Å². The molecular weight excluding hydrogens is 565 g/mol. The van der Waals surface area contributed by atoms with Crippen molar-refractivity contribution in [1.82, 2.24) is 10.2 Å². The van der Waals surface area contributed by atoms with Gasteiger partial charge < -0.3 is 26.7 Å². The first kappa shape index (κ1) is 35.2. The van der Waals surface area contributed by atoms with E-state index in [1.165, 1.54) is 24.3 Å². The number of urea groups is 1. The SMILES string of the molecule is Clc1c[c-]ccc1.N#CC1(O)C[C-]=C(C(=[N-])CNC(=O)N(C[C@H](O)C(F)(F)F)C(=N)c2ccc(Cl)cc2)CC1.[Li+]. The van der Waals surface area contributed by atoms with Crippen molar-refractivity contribution in [3.63, 3.8) is 0 Å². The molecule has 0 aliphatic heterocycles. The minimum Gasteiger partial charge on any atom is -0.906 e. The molecule has 208 valence electrons. The molecule has 0 fully saturated rings. The van der Waals surface area contributed by atoms with Gasteiger partial charge in [-0.15, -0.1) is 0 Å². The summed E-state index contributed by atoms with van der Waals surface area (Å²) in [5, 5.41) is 49.7. The number of aliphatic hydroxyl groups excluding tert-OH is 1. The van der Waals surface area contributed by atoms with Gasteiger partial charge in [0.25, 0.3) is 0 Å². The second kappa shape index (κ2) is 15.8. The molecule has 0 heterocycles. The number of halogens is 5. The molecule has 40 heavy (non-hydrogen) atoms. The van der Waals surface area contributed by atoms with Gasteiger partial charge in [-0.2, -0.15) is 60.4 Å². The van der Waals surface area contributed by atoms with Gasteiger partial charge in [0.1, 0.15) is 11.4 Å². The average Bonchev–Trinajstić information content (AvgIpc) is 2.90. The van der Waals surface area contributed by atoms with Gasteiger partial charge in [0.05, 0.1) is 12.6 Å². The predicted octanol–water partition coefficient (Wildman–Crippen LogP) is 1.92. The normalized spacial score (nSPS) is 17.0. The molecule has 2 atom stereocenters. The van der Waals surface area contributed by atoms with Crippen LogP contribution in [0.2, 0.25) is 10.0 Å². The monoisotopic (exact) mass is 587 g/mol. The van der Waals surface area contributed by atoms with Crippen molar-refractivity contribution in [3.05, 3.63) is 87.3 Å². The van der Waals surface area contributed by atoms with Crippen molar-refractivity contribution in [1.29, 1.82) is 10.7 Å². The summed E-state index contributed by atoms with van der Waals surface area (Å²) in [4.78, 5) is 12.9. The fraction of sp³-hybridized carbons (Fsp3) is 0.308. The van der Waals surface area contributed by atoms with Crippen LogP contribution in [-0.2, 0) is 0 Å². The quantitative estimate of drug-likeness (QED) is 0.135. The van der Waals surface area contributed by atoms with Crippen LogP contribution < -0.4 is 24.2 Å². The standard InChI is InChI=1S/C20H19ClF3N5O3.C6H4Cl.Li/c21-14-3-1-13(2-4-14)17(27)29(10-16(30)20(22,23)24)18(31)28-9-15(26)12-5-7-19(32,11-25)8-6-12;7-6-4-2-1-3-5-6;/h1-4,16,27,30,32H,5,7-10H2,(H,28,31);1-2,4-5H;/q-2;-1;+1/t16-,19?;;/m0../s1. The summed E-state index contributed by atoms with van der Waals surface area (Å²) in [7, 11) is 0. The maximum atomic E-state index is 12.8. The zero-order chi connectivity index (χ0) is 29.2. The third kappa shape index (κ3) is 11.0. The first-order valence-corrected chi connectivity index (χ1v) is 12.1. The largest absolute Gasteiger partial charge is 1.00 e. The Morgan fingerprint density at radius 1 is 1.27 bits per heavy atom. The van der Waals surface area contributed by atoms with Gasteiger partial charge in [-0.1, -0.05) is 29.5 Å². The van der Waals surface area contributed by atoms with E-state index in [0.29, 0.717) is 9.92 Å². The number of aliphatic hydroxyl groups is 2. The van der Waals surface area contributed by atoms with Gasteiger partial charge in [-0.25, -0.2) is 10.4 Å². The number of nitriles is 1. The number of nitrogens with one attached hydrogen (secondary N) is 2. The molecule has 1 aliphatic carbocycles. The van der Waals surface area contributed by atoms with Gasteiger partial charge in [-0.05, 0) is 37.2 Å². The van der Waals surface area contributed by atoms with E-state index in [9.17, 15) is 33.6 Å². The van der Waals surface area contributed by atoms with Crippen molar-refractivity contribution in [3.8, 4) is 6.07 Å². The number of carbonyl (C=O) groups excluding carboxylic acids is 1. The van der Waals surface area contributed by atoms with Crippen LogP contribution in [0.5, 0.6) is 0 Å².